The standard InChI is InChI=1S/C23H19N3O/c1-15-10-11-17(13-16(15)2)25-23(27)19-14-22(21-9-5-6-12-24-21)26-20-8-4-3-7-18(19)20/h3-14H,1-2H3,(H,25,27). The summed E-state index contributed by atoms with van der Waals surface area (Å²) in [6.45, 7) is 4.09. The zero-order chi connectivity index (χ0) is 18.8. The van der Waals surface area contributed by atoms with Gasteiger partial charge in [-0.2, -0.15) is 0 Å². The highest BCUT2D eigenvalue weighted by Crippen LogP contribution is 2.25. The second-order valence-corrected chi connectivity index (χ2v) is 6.54. The Balaban J connectivity index is 1.79. The molecule has 4 rings (SSSR count). The summed E-state index contributed by atoms with van der Waals surface area (Å²) < 4.78 is 0. The monoisotopic (exact) mass is 353 g/mol. The Morgan fingerprint density at radius 2 is 1.67 bits per heavy atom. The van der Waals surface area contributed by atoms with Crippen LogP contribution in [0.25, 0.3) is 22.3 Å². The van der Waals surface area contributed by atoms with Crippen LogP contribution in [0, 0.1) is 13.8 Å². The molecule has 0 saturated carbocycles. The lowest BCUT2D eigenvalue weighted by atomic mass is 10.0. The summed E-state index contributed by atoms with van der Waals surface area (Å²) in [5, 5.41) is 3.83. The largest absolute Gasteiger partial charge is 0.322 e. The number of amides is 1. The van der Waals surface area contributed by atoms with Crippen molar-refractivity contribution in [1.29, 1.82) is 0 Å². The Morgan fingerprint density at radius 1 is 0.852 bits per heavy atom. The van der Waals surface area contributed by atoms with E-state index in [1.165, 1.54) is 5.56 Å². The van der Waals surface area contributed by atoms with Gasteiger partial charge in [0.25, 0.3) is 5.91 Å². The van der Waals surface area contributed by atoms with E-state index in [9.17, 15) is 4.79 Å². The second kappa shape index (κ2) is 7.00. The van der Waals surface area contributed by atoms with Gasteiger partial charge in [0, 0.05) is 17.3 Å². The molecule has 0 bridgehead atoms. The molecule has 0 unspecified atom stereocenters. The minimum absolute atomic E-state index is 0.158. The Bertz CT molecular complexity index is 1140. The zero-order valence-corrected chi connectivity index (χ0v) is 15.2. The summed E-state index contributed by atoms with van der Waals surface area (Å²) in [5.74, 6) is -0.158. The van der Waals surface area contributed by atoms with E-state index in [1.807, 2.05) is 67.6 Å². The van der Waals surface area contributed by atoms with Crippen LogP contribution in [0.3, 0.4) is 0 Å². The van der Waals surface area contributed by atoms with Gasteiger partial charge < -0.3 is 5.32 Å². The van der Waals surface area contributed by atoms with Gasteiger partial charge in [0.1, 0.15) is 0 Å². The molecule has 0 aliphatic rings. The molecule has 4 heteroatoms. The van der Waals surface area contributed by atoms with Crippen molar-refractivity contribution in [1.82, 2.24) is 9.97 Å². The topological polar surface area (TPSA) is 54.9 Å². The zero-order valence-electron chi connectivity index (χ0n) is 15.2. The normalized spacial score (nSPS) is 10.7. The van der Waals surface area contributed by atoms with E-state index in [2.05, 4.69) is 22.2 Å². The van der Waals surface area contributed by atoms with Gasteiger partial charge in [-0.1, -0.05) is 30.3 Å². The predicted molar refractivity (Wildman–Crippen MR) is 109 cm³/mol. The number of nitrogens with one attached hydrogen (secondary N) is 1. The molecule has 4 aromatic rings. The van der Waals surface area contributed by atoms with Gasteiger partial charge in [-0.25, -0.2) is 4.98 Å². The van der Waals surface area contributed by atoms with Crippen molar-refractivity contribution < 1.29 is 4.79 Å². The number of fused-ring (bicyclic) bond motifs is 1. The lowest BCUT2D eigenvalue weighted by molar-refractivity contribution is 0.102. The van der Waals surface area contributed by atoms with Gasteiger partial charge in [0.2, 0.25) is 0 Å². The first-order valence-electron chi connectivity index (χ1n) is 8.81. The van der Waals surface area contributed by atoms with Gasteiger partial charge >= 0.3 is 0 Å². The fourth-order valence-electron chi connectivity index (χ4n) is 3.03. The Morgan fingerprint density at radius 3 is 2.44 bits per heavy atom. The third kappa shape index (κ3) is 3.42. The average molecular weight is 353 g/mol. The molecule has 0 radical (unpaired) electrons. The third-order valence-electron chi connectivity index (χ3n) is 4.65. The number of benzene rings is 2. The van der Waals surface area contributed by atoms with Crippen LogP contribution in [0.15, 0.2) is 72.9 Å². The molecule has 0 atom stereocenters. The number of hydrogen-bond donors (Lipinski definition) is 1. The number of anilines is 1. The van der Waals surface area contributed by atoms with Crippen LogP contribution in [-0.2, 0) is 0 Å². The first kappa shape index (κ1) is 16.9. The molecule has 2 heterocycles. The highest BCUT2D eigenvalue weighted by Gasteiger charge is 2.14. The van der Waals surface area contributed by atoms with Crippen molar-refractivity contribution in [2.45, 2.75) is 13.8 Å². The number of para-hydroxylation sites is 1. The molecular weight excluding hydrogens is 334 g/mol. The molecular formula is C23H19N3O. The highest BCUT2D eigenvalue weighted by atomic mass is 16.1. The van der Waals surface area contributed by atoms with Crippen LogP contribution in [0.5, 0.6) is 0 Å². The molecule has 0 aliphatic heterocycles. The maximum atomic E-state index is 13.0. The van der Waals surface area contributed by atoms with Crippen molar-refractivity contribution in [2.75, 3.05) is 5.32 Å². The summed E-state index contributed by atoms with van der Waals surface area (Å²) in [7, 11) is 0. The van der Waals surface area contributed by atoms with Gasteiger partial charge in [-0.15, -0.1) is 0 Å². The SMILES string of the molecule is Cc1ccc(NC(=O)c2cc(-c3ccccn3)nc3ccccc23)cc1C. The summed E-state index contributed by atoms with van der Waals surface area (Å²) in [4.78, 5) is 22.1. The first-order valence-corrected chi connectivity index (χ1v) is 8.81. The first-order chi connectivity index (χ1) is 13.1. The molecule has 0 fully saturated rings. The molecule has 1 N–H and O–H groups in total. The van der Waals surface area contributed by atoms with E-state index in [0.717, 1.165) is 27.8 Å². The van der Waals surface area contributed by atoms with Crippen LogP contribution < -0.4 is 5.32 Å². The molecule has 2 aromatic carbocycles. The smallest absolute Gasteiger partial charge is 0.256 e. The van der Waals surface area contributed by atoms with E-state index >= 15 is 0 Å². The van der Waals surface area contributed by atoms with Crippen LogP contribution >= 0.6 is 0 Å². The third-order valence-corrected chi connectivity index (χ3v) is 4.65. The maximum Gasteiger partial charge on any atom is 0.256 e. The Hall–Kier alpha value is -3.53. The van der Waals surface area contributed by atoms with E-state index in [4.69, 9.17) is 0 Å². The van der Waals surface area contributed by atoms with Crippen LogP contribution in [0.4, 0.5) is 5.69 Å². The summed E-state index contributed by atoms with van der Waals surface area (Å²) in [6, 6.07) is 21.0. The van der Waals surface area contributed by atoms with E-state index in [-0.39, 0.29) is 5.91 Å². The number of aryl methyl sites for hydroxylation is 2. The van der Waals surface area contributed by atoms with Crippen molar-refractivity contribution in [3.63, 3.8) is 0 Å². The number of pyridine rings is 2. The maximum absolute atomic E-state index is 13.0. The van der Waals surface area contributed by atoms with Gasteiger partial charge in [0.05, 0.1) is 22.5 Å². The second-order valence-electron chi connectivity index (χ2n) is 6.54. The Kier molecular flexibility index (Phi) is 4.38. The average Bonchev–Trinajstić information content (AvgIpc) is 2.70. The lowest BCUT2D eigenvalue weighted by Gasteiger charge is -2.11. The number of carbonyl (C=O) groups is 1. The van der Waals surface area contributed by atoms with E-state index in [0.29, 0.717) is 11.3 Å². The van der Waals surface area contributed by atoms with Gasteiger partial charge in [0.15, 0.2) is 0 Å². The quantitative estimate of drug-likeness (QED) is 0.553. The lowest BCUT2D eigenvalue weighted by Crippen LogP contribution is -2.13. The van der Waals surface area contributed by atoms with Crippen molar-refractivity contribution >= 4 is 22.5 Å². The van der Waals surface area contributed by atoms with Crippen molar-refractivity contribution in [3.8, 4) is 11.4 Å². The van der Waals surface area contributed by atoms with Crippen LogP contribution in [0.2, 0.25) is 0 Å². The molecule has 1 amide bonds. The number of nitrogens with zero attached hydrogens (tertiary/aromatic N) is 2. The van der Waals surface area contributed by atoms with Crippen molar-refractivity contribution in [2.24, 2.45) is 0 Å². The summed E-state index contributed by atoms with van der Waals surface area (Å²) in [6.07, 6.45) is 1.72. The number of hydrogen-bond acceptors (Lipinski definition) is 3. The molecule has 132 valence electrons. The molecule has 4 nitrogen and oxygen atoms in total. The Labute approximate surface area is 157 Å². The number of carbonyl (C=O) groups excluding carboxylic acids is 1. The predicted octanol–water partition coefficient (Wildman–Crippen LogP) is 5.17. The fraction of sp³-hybridized carbons (Fsp3) is 0.0870. The molecule has 0 aliphatic carbocycles. The fourth-order valence-corrected chi connectivity index (χ4v) is 3.03. The van der Waals surface area contributed by atoms with E-state index in [1.54, 1.807) is 12.3 Å². The molecule has 0 saturated heterocycles. The number of aromatic nitrogens is 2. The molecule has 2 aromatic heterocycles. The number of rotatable bonds is 3. The minimum atomic E-state index is -0.158. The summed E-state index contributed by atoms with van der Waals surface area (Å²) in [5.41, 5.74) is 5.89. The van der Waals surface area contributed by atoms with Crippen LogP contribution in [0.1, 0.15) is 21.5 Å². The van der Waals surface area contributed by atoms with Crippen molar-refractivity contribution in [3.05, 3.63) is 89.6 Å². The molecule has 0 spiro atoms. The minimum Gasteiger partial charge on any atom is -0.322 e. The molecule has 27 heavy (non-hydrogen) atoms. The highest BCUT2D eigenvalue weighted by molar-refractivity contribution is 6.13. The van der Waals surface area contributed by atoms with Gasteiger partial charge in [-0.05, 0) is 61.4 Å². The van der Waals surface area contributed by atoms with Crippen LogP contribution in [-0.4, -0.2) is 15.9 Å². The summed E-state index contributed by atoms with van der Waals surface area (Å²) >= 11 is 0. The van der Waals surface area contributed by atoms with Gasteiger partial charge in [-0.3, -0.25) is 9.78 Å². The van der Waals surface area contributed by atoms with E-state index < -0.39 is 0 Å².